The highest BCUT2D eigenvalue weighted by Gasteiger charge is 2.33. The zero-order chi connectivity index (χ0) is 28.9. The van der Waals surface area contributed by atoms with Crippen LogP contribution in [0.25, 0.3) is 0 Å². The van der Waals surface area contributed by atoms with Gasteiger partial charge in [0.1, 0.15) is 6.04 Å². The number of amides is 5. The lowest BCUT2D eigenvalue weighted by Gasteiger charge is -2.31. The van der Waals surface area contributed by atoms with Gasteiger partial charge in [-0.25, -0.2) is 0 Å². The van der Waals surface area contributed by atoms with Crippen LogP contribution in [-0.2, 0) is 35.2 Å². The van der Waals surface area contributed by atoms with E-state index in [0.29, 0.717) is 49.5 Å². The van der Waals surface area contributed by atoms with Crippen LogP contribution >= 0.6 is 0 Å². The van der Waals surface area contributed by atoms with E-state index in [2.05, 4.69) is 20.9 Å². The molecule has 1 aromatic carbocycles. The van der Waals surface area contributed by atoms with Crippen LogP contribution in [0.15, 0.2) is 18.2 Å². The molecule has 0 aliphatic carbocycles. The number of fused-ring (bicyclic) bond motifs is 1. The number of hydrogen-bond acceptors (Lipinski definition) is 9. The molecule has 220 valence electrons. The first kappa shape index (κ1) is 31.1. The van der Waals surface area contributed by atoms with Gasteiger partial charge in [-0.2, -0.15) is 0 Å². The number of carbonyl (C=O) groups is 5. The lowest BCUT2D eigenvalue weighted by atomic mass is 10.1. The summed E-state index contributed by atoms with van der Waals surface area (Å²) in [6.07, 6.45) is 3.48. The number of hydrogen-bond donors (Lipinski definition) is 4. The molecule has 2 aliphatic heterocycles. The molecule has 0 aromatic heterocycles. The van der Waals surface area contributed by atoms with E-state index in [1.807, 2.05) is 6.92 Å². The minimum absolute atomic E-state index is 0.0202. The Kier molecular flexibility index (Phi) is 12.5. The molecule has 1 saturated heterocycles. The van der Waals surface area contributed by atoms with Gasteiger partial charge in [0, 0.05) is 61.5 Å². The number of nitrogens with zero attached hydrogens (tertiary/aromatic N) is 2. The Morgan fingerprint density at radius 3 is 2.60 bits per heavy atom. The minimum Gasteiger partial charge on any atom is -0.378 e. The highest BCUT2D eigenvalue weighted by atomic mass is 16.5. The van der Waals surface area contributed by atoms with E-state index < -0.39 is 17.9 Å². The molecule has 3 rings (SSSR count). The Hall–Kier alpha value is -3.39. The molecule has 0 bridgehead atoms. The van der Waals surface area contributed by atoms with Crippen LogP contribution in [0.4, 0.5) is 5.69 Å². The molecule has 5 N–H and O–H groups in total. The molecule has 40 heavy (non-hydrogen) atoms. The third-order valence-corrected chi connectivity index (χ3v) is 7.24. The minimum atomic E-state index is -0.902. The van der Waals surface area contributed by atoms with Gasteiger partial charge in [0.25, 0.3) is 5.91 Å². The van der Waals surface area contributed by atoms with Crippen LogP contribution in [0.2, 0.25) is 0 Å². The SMILES string of the molecule is CC(CCC(=O)NC=O)N1Cc2c(NC(=O)C(N)COCCOCCN3CCC(NC=O)CC3)cccc2C1=O. The maximum atomic E-state index is 12.9. The van der Waals surface area contributed by atoms with E-state index in [0.717, 1.165) is 38.9 Å². The normalized spacial score (nSPS) is 17.1. The van der Waals surface area contributed by atoms with Gasteiger partial charge in [-0.3, -0.25) is 29.3 Å². The molecule has 1 aromatic rings. The Bertz CT molecular complexity index is 1030. The molecule has 13 nitrogen and oxygen atoms in total. The van der Waals surface area contributed by atoms with Gasteiger partial charge in [-0.05, 0) is 38.3 Å². The molecule has 2 unspecified atom stereocenters. The van der Waals surface area contributed by atoms with Crippen molar-refractivity contribution in [3.63, 3.8) is 0 Å². The fourth-order valence-corrected chi connectivity index (χ4v) is 4.81. The fraction of sp³-hybridized carbons (Fsp3) is 0.593. The second kappa shape index (κ2) is 16.0. The number of piperidine rings is 1. The van der Waals surface area contributed by atoms with Crippen LogP contribution < -0.4 is 21.7 Å². The molecule has 2 heterocycles. The zero-order valence-corrected chi connectivity index (χ0v) is 22.9. The van der Waals surface area contributed by atoms with E-state index in [-0.39, 0.29) is 37.6 Å². The molecule has 2 atom stereocenters. The Labute approximate surface area is 234 Å². The second-order valence-corrected chi connectivity index (χ2v) is 10.0. The standard InChI is InChI=1S/C27H40N6O7/c1-19(5-6-25(36)30-18-35)33-15-22-21(27(33)38)3-2-4-24(22)31-26(37)23(28)16-40-14-13-39-12-11-32-9-7-20(8-10-32)29-17-34/h2-4,17-20,23H,5-16,28H2,1H3,(H,29,34)(H,31,37)(H,30,35,36). The van der Waals surface area contributed by atoms with Gasteiger partial charge < -0.3 is 35.6 Å². The first-order valence-electron chi connectivity index (χ1n) is 13.6. The van der Waals surface area contributed by atoms with E-state index in [9.17, 15) is 24.0 Å². The lowest BCUT2D eigenvalue weighted by molar-refractivity contribution is -0.125. The van der Waals surface area contributed by atoms with Gasteiger partial charge in [0.15, 0.2) is 0 Å². The quantitative estimate of drug-likeness (QED) is 0.146. The van der Waals surface area contributed by atoms with Gasteiger partial charge in [0.2, 0.25) is 24.6 Å². The summed E-state index contributed by atoms with van der Waals surface area (Å²) in [5, 5.41) is 7.73. The van der Waals surface area contributed by atoms with Gasteiger partial charge >= 0.3 is 0 Å². The molecule has 0 spiro atoms. The van der Waals surface area contributed by atoms with Crippen LogP contribution in [0.3, 0.4) is 0 Å². The summed E-state index contributed by atoms with van der Waals surface area (Å²) in [5.41, 5.74) is 7.72. The van der Waals surface area contributed by atoms with Crippen molar-refractivity contribution in [2.75, 3.05) is 51.4 Å². The molecule has 13 heteroatoms. The average Bonchev–Trinajstić information content (AvgIpc) is 3.29. The van der Waals surface area contributed by atoms with Crippen molar-refractivity contribution in [3.8, 4) is 0 Å². The third-order valence-electron chi connectivity index (χ3n) is 7.24. The van der Waals surface area contributed by atoms with Crippen molar-refractivity contribution < 1.29 is 33.4 Å². The van der Waals surface area contributed by atoms with Crippen molar-refractivity contribution >= 4 is 36.2 Å². The number of anilines is 1. The molecule has 5 amide bonds. The summed E-state index contributed by atoms with van der Waals surface area (Å²) < 4.78 is 11.2. The molecular formula is C27H40N6O7. The van der Waals surface area contributed by atoms with E-state index in [1.54, 1.807) is 23.1 Å². The Balaban J connectivity index is 1.35. The number of carbonyl (C=O) groups excluding carboxylic acids is 5. The monoisotopic (exact) mass is 560 g/mol. The largest absolute Gasteiger partial charge is 0.378 e. The number of ether oxygens (including phenoxy) is 2. The summed E-state index contributed by atoms with van der Waals surface area (Å²) >= 11 is 0. The maximum absolute atomic E-state index is 12.9. The van der Waals surface area contributed by atoms with Crippen molar-refractivity contribution in [3.05, 3.63) is 29.3 Å². The fourth-order valence-electron chi connectivity index (χ4n) is 4.81. The topological polar surface area (TPSA) is 172 Å². The van der Waals surface area contributed by atoms with Gasteiger partial charge in [-0.15, -0.1) is 0 Å². The Morgan fingerprint density at radius 1 is 1.12 bits per heavy atom. The van der Waals surface area contributed by atoms with Crippen molar-refractivity contribution in [2.45, 2.75) is 57.3 Å². The number of rotatable bonds is 17. The van der Waals surface area contributed by atoms with E-state index in [1.165, 1.54) is 0 Å². The maximum Gasteiger partial charge on any atom is 0.254 e. The van der Waals surface area contributed by atoms with Crippen LogP contribution in [-0.4, -0.2) is 105 Å². The van der Waals surface area contributed by atoms with Crippen molar-refractivity contribution in [1.82, 2.24) is 20.4 Å². The molecule has 1 fully saturated rings. The summed E-state index contributed by atoms with van der Waals surface area (Å²) in [5.74, 6) is -1.00. The van der Waals surface area contributed by atoms with Crippen LogP contribution in [0, 0.1) is 0 Å². The number of nitrogens with two attached hydrogens (primary N) is 1. The van der Waals surface area contributed by atoms with Gasteiger partial charge in [0.05, 0.1) is 26.4 Å². The smallest absolute Gasteiger partial charge is 0.254 e. The highest BCUT2D eigenvalue weighted by Crippen LogP contribution is 2.31. The van der Waals surface area contributed by atoms with Crippen LogP contribution in [0.5, 0.6) is 0 Å². The van der Waals surface area contributed by atoms with Gasteiger partial charge in [-0.1, -0.05) is 6.07 Å². The average molecular weight is 561 g/mol. The molecule has 0 saturated carbocycles. The van der Waals surface area contributed by atoms with Crippen molar-refractivity contribution in [2.24, 2.45) is 5.73 Å². The number of nitrogens with one attached hydrogen (secondary N) is 3. The summed E-state index contributed by atoms with van der Waals surface area (Å²) in [7, 11) is 0. The summed E-state index contributed by atoms with van der Waals surface area (Å²) in [4.78, 5) is 62.1. The van der Waals surface area contributed by atoms with Crippen molar-refractivity contribution in [1.29, 1.82) is 0 Å². The number of likely N-dealkylation sites (tertiary alicyclic amines) is 1. The molecule has 0 radical (unpaired) electrons. The van der Waals surface area contributed by atoms with E-state index >= 15 is 0 Å². The predicted molar refractivity (Wildman–Crippen MR) is 146 cm³/mol. The summed E-state index contributed by atoms with van der Waals surface area (Å²) in [6.45, 7) is 6.07. The summed E-state index contributed by atoms with van der Waals surface area (Å²) in [6, 6.07) is 4.24. The molecule has 2 aliphatic rings. The van der Waals surface area contributed by atoms with Crippen LogP contribution in [0.1, 0.15) is 48.5 Å². The molecular weight excluding hydrogens is 520 g/mol. The van der Waals surface area contributed by atoms with E-state index in [4.69, 9.17) is 15.2 Å². The third kappa shape index (κ3) is 9.08. The number of imide groups is 1. The first-order valence-corrected chi connectivity index (χ1v) is 13.6. The second-order valence-electron chi connectivity index (χ2n) is 10.0. The highest BCUT2D eigenvalue weighted by molar-refractivity contribution is 6.03. The predicted octanol–water partition coefficient (Wildman–Crippen LogP) is -0.407. The Morgan fingerprint density at radius 2 is 1.88 bits per heavy atom. The zero-order valence-electron chi connectivity index (χ0n) is 22.9. The first-order chi connectivity index (χ1) is 19.3. The number of benzene rings is 1. The lowest BCUT2D eigenvalue weighted by Crippen LogP contribution is -2.43.